The molecule has 3 N–H and O–H groups in total. The van der Waals surface area contributed by atoms with Gasteiger partial charge in [-0.25, -0.2) is 4.79 Å². The number of benzene rings is 1. The van der Waals surface area contributed by atoms with Gasteiger partial charge < -0.3 is 15.5 Å². The van der Waals surface area contributed by atoms with Crippen molar-refractivity contribution < 1.29 is 9.59 Å². The van der Waals surface area contributed by atoms with E-state index in [9.17, 15) is 9.59 Å². The zero-order valence-corrected chi connectivity index (χ0v) is 18.4. The van der Waals surface area contributed by atoms with Gasteiger partial charge in [-0.15, -0.1) is 0 Å². The summed E-state index contributed by atoms with van der Waals surface area (Å²) in [6.45, 7) is 8.64. The van der Waals surface area contributed by atoms with Crippen molar-refractivity contribution >= 4 is 17.9 Å². The van der Waals surface area contributed by atoms with E-state index in [1.54, 1.807) is 4.90 Å². The number of nitrogens with one attached hydrogen (secondary N) is 3. The number of hydrogen-bond donors (Lipinski definition) is 3. The van der Waals surface area contributed by atoms with Gasteiger partial charge >= 0.3 is 6.03 Å². The molecule has 1 atom stereocenters. The minimum absolute atomic E-state index is 0.00212. The van der Waals surface area contributed by atoms with Crippen LogP contribution in [0.5, 0.6) is 0 Å². The van der Waals surface area contributed by atoms with Gasteiger partial charge in [0.25, 0.3) is 5.91 Å². The van der Waals surface area contributed by atoms with E-state index in [4.69, 9.17) is 5.41 Å². The van der Waals surface area contributed by atoms with Crippen molar-refractivity contribution in [2.24, 2.45) is 11.8 Å². The monoisotopic (exact) mass is 413 g/mol. The van der Waals surface area contributed by atoms with Crippen molar-refractivity contribution in [3.05, 3.63) is 35.9 Å². The van der Waals surface area contributed by atoms with Gasteiger partial charge in [0.05, 0.1) is 0 Å². The van der Waals surface area contributed by atoms with Crippen LogP contribution in [0.4, 0.5) is 4.79 Å². The number of nitrogens with zero attached hydrogens (tertiary/aromatic N) is 2. The number of rotatable bonds is 7. The fraction of sp³-hybridized carbons (Fsp3) is 0.609. The van der Waals surface area contributed by atoms with E-state index in [-0.39, 0.29) is 17.9 Å². The molecule has 0 aliphatic carbocycles. The van der Waals surface area contributed by atoms with Crippen molar-refractivity contribution in [3.8, 4) is 0 Å². The summed E-state index contributed by atoms with van der Waals surface area (Å²) in [7, 11) is 0. The molecule has 2 heterocycles. The molecule has 0 spiro atoms. The molecular formula is C23H35N5O2. The van der Waals surface area contributed by atoms with Crippen molar-refractivity contribution in [2.75, 3.05) is 26.2 Å². The van der Waals surface area contributed by atoms with Gasteiger partial charge in [0.1, 0.15) is 5.54 Å². The maximum atomic E-state index is 12.9. The Bertz CT molecular complexity index is 758. The Hall–Kier alpha value is -2.57. The summed E-state index contributed by atoms with van der Waals surface area (Å²) >= 11 is 0. The summed E-state index contributed by atoms with van der Waals surface area (Å²) in [5.74, 6) is 0.903. The molecule has 2 aliphatic heterocycles. The lowest BCUT2D eigenvalue weighted by Crippen LogP contribution is -2.47. The van der Waals surface area contributed by atoms with Crippen LogP contribution in [-0.4, -0.2) is 59.4 Å². The number of piperidine rings is 1. The van der Waals surface area contributed by atoms with E-state index in [0.717, 1.165) is 19.3 Å². The number of amides is 3. The molecule has 2 fully saturated rings. The topological polar surface area (TPSA) is 88.5 Å². The lowest BCUT2D eigenvalue weighted by Gasteiger charge is -2.33. The van der Waals surface area contributed by atoms with E-state index in [1.807, 2.05) is 30.0 Å². The highest BCUT2D eigenvalue weighted by Gasteiger charge is 2.46. The number of carbonyl (C=O) groups is 2. The highest BCUT2D eigenvalue weighted by atomic mass is 16.2. The molecule has 2 saturated heterocycles. The van der Waals surface area contributed by atoms with E-state index in [0.29, 0.717) is 44.4 Å². The van der Waals surface area contributed by atoms with Gasteiger partial charge in [0.15, 0.2) is 5.96 Å². The van der Waals surface area contributed by atoms with Crippen LogP contribution in [0.15, 0.2) is 30.3 Å². The van der Waals surface area contributed by atoms with Crippen LogP contribution in [-0.2, 0) is 11.2 Å². The SMILES string of the molecule is CC(C)CC1(C)NC(=N)N(CC2CCN(C(=O)NCCc3ccccc3)CC2)C1=O. The van der Waals surface area contributed by atoms with Crippen LogP contribution in [0.1, 0.15) is 45.6 Å². The zero-order valence-electron chi connectivity index (χ0n) is 18.4. The first-order valence-corrected chi connectivity index (χ1v) is 11.0. The predicted octanol–water partition coefficient (Wildman–Crippen LogP) is 2.82. The molecule has 0 aromatic heterocycles. The third kappa shape index (κ3) is 5.32. The van der Waals surface area contributed by atoms with Crippen LogP contribution in [0, 0.1) is 17.2 Å². The fourth-order valence-electron chi connectivity index (χ4n) is 4.56. The number of carbonyl (C=O) groups excluding carboxylic acids is 2. The Morgan fingerprint density at radius 3 is 2.57 bits per heavy atom. The van der Waals surface area contributed by atoms with E-state index in [2.05, 4.69) is 36.6 Å². The molecule has 164 valence electrons. The van der Waals surface area contributed by atoms with E-state index < -0.39 is 5.54 Å². The summed E-state index contributed by atoms with van der Waals surface area (Å²) in [5, 5.41) is 14.3. The second-order valence-corrected chi connectivity index (χ2v) is 9.22. The Balaban J connectivity index is 1.42. The molecule has 1 aromatic carbocycles. The lowest BCUT2D eigenvalue weighted by molar-refractivity contribution is -0.131. The maximum absolute atomic E-state index is 12.9. The van der Waals surface area contributed by atoms with Gasteiger partial charge in [-0.3, -0.25) is 15.1 Å². The Morgan fingerprint density at radius 2 is 1.93 bits per heavy atom. The van der Waals surface area contributed by atoms with Crippen molar-refractivity contribution in [3.63, 3.8) is 0 Å². The molecule has 0 bridgehead atoms. The van der Waals surface area contributed by atoms with E-state index in [1.165, 1.54) is 5.56 Å². The number of hydrogen-bond acceptors (Lipinski definition) is 3. The molecule has 0 radical (unpaired) electrons. The molecule has 0 saturated carbocycles. The maximum Gasteiger partial charge on any atom is 0.317 e. The highest BCUT2D eigenvalue weighted by Crippen LogP contribution is 2.27. The normalized spacial score (nSPS) is 22.5. The molecular weight excluding hydrogens is 378 g/mol. The summed E-state index contributed by atoms with van der Waals surface area (Å²) in [6, 6.07) is 10.1. The van der Waals surface area contributed by atoms with Crippen LogP contribution >= 0.6 is 0 Å². The van der Waals surface area contributed by atoms with Gasteiger partial charge in [0.2, 0.25) is 0 Å². The largest absolute Gasteiger partial charge is 0.342 e. The van der Waals surface area contributed by atoms with Crippen LogP contribution < -0.4 is 10.6 Å². The van der Waals surface area contributed by atoms with Crippen molar-refractivity contribution in [1.82, 2.24) is 20.4 Å². The van der Waals surface area contributed by atoms with Crippen molar-refractivity contribution in [2.45, 2.75) is 52.0 Å². The number of likely N-dealkylation sites (tertiary alicyclic amines) is 1. The van der Waals surface area contributed by atoms with Gasteiger partial charge in [0, 0.05) is 26.2 Å². The average Bonchev–Trinajstić information content (AvgIpc) is 2.91. The van der Waals surface area contributed by atoms with Crippen LogP contribution in [0.3, 0.4) is 0 Å². The first kappa shape index (κ1) is 22.1. The molecule has 2 aliphatic rings. The molecule has 30 heavy (non-hydrogen) atoms. The van der Waals surface area contributed by atoms with Crippen molar-refractivity contribution in [1.29, 1.82) is 5.41 Å². The Kier molecular flexibility index (Phi) is 7.00. The summed E-state index contributed by atoms with van der Waals surface area (Å²) in [5.41, 5.74) is 0.539. The van der Waals surface area contributed by atoms with Gasteiger partial charge in [-0.05, 0) is 50.0 Å². The van der Waals surface area contributed by atoms with Crippen LogP contribution in [0.25, 0.3) is 0 Å². The van der Waals surface area contributed by atoms with Gasteiger partial charge in [-0.2, -0.15) is 0 Å². The van der Waals surface area contributed by atoms with Crippen LogP contribution in [0.2, 0.25) is 0 Å². The minimum Gasteiger partial charge on any atom is -0.342 e. The zero-order chi connectivity index (χ0) is 21.7. The third-order valence-corrected chi connectivity index (χ3v) is 6.07. The summed E-state index contributed by atoms with van der Waals surface area (Å²) in [4.78, 5) is 28.8. The molecule has 7 heteroatoms. The molecule has 3 amide bonds. The Morgan fingerprint density at radius 1 is 1.27 bits per heavy atom. The molecule has 3 rings (SSSR count). The minimum atomic E-state index is -0.676. The third-order valence-electron chi connectivity index (χ3n) is 6.07. The highest BCUT2D eigenvalue weighted by molar-refractivity contribution is 6.07. The standard InChI is InChI=1S/C23H35N5O2/c1-17(2)15-23(3)20(29)28(21(24)26-23)16-19-10-13-27(14-11-19)22(30)25-12-9-18-7-5-4-6-8-18/h4-8,17,19H,9-16H2,1-3H3,(H2,24,26)(H,25,30). The average molecular weight is 414 g/mol. The molecule has 1 unspecified atom stereocenters. The first-order chi connectivity index (χ1) is 14.3. The summed E-state index contributed by atoms with van der Waals surface area (Å²) in [6.07, 6.45) is 3.24. The first-order valence-electron chi connectivity index (χ1n) is 11.0. The molecule has 1 aromatic rings. The molecule has 7 nitrogen and oxygen atoms in total. The number of urea groups is 1. The fourth-order valence-corrected chi connectivity index (χ4v) is 4.56. The predicted molar refractivity (Wildman–Crippen MR) is 118 cm³/mol. The smallest absolute Gasteiger partial charge is 0.317 e. The lowest BCUT2D eigenvalue weighted by atomic mass is 9.90. The second kappa shape index (κ2) is 9.49. The second-order valence-electron chi connectivity index (χ2n) is 9.22. The van der Waals surface area contributed by atoms with E-state index >= 15 is 0 Å². The Labute approximate surface area is 179 Å². The van der Waals surface area contributed by atoms with Gasteiger partial charge in [-0.1, -0.05) is 44.2 Å². The number of guanidine groups is 1. The quantitative estimate of drug-likeness (QED) is 0.642. The summed E-state index contributed by atoms with van der Waals surface area (Å²) < 4.78 is 0.